The zero-order chi connectivity index (χ0) is 20.7. The molecule has 1 aliphatic heterocycles. The molecule has 0 radical (unpaired) electrons. The van der Waals surface area contributed by atoms with Gasteiger partial charge in [-0.3, -0.25) is 10.2 Å². The highest BCUT2D eigenvalue weighted by molar-refractivity contribution is 6.02. The average Bonchev–Trinajstić information content (AvgIpc) is 3.02. The molecule has 3 amide bonds. The fraction of sp³-hybridized carbons (Fsp3) is 0.368. The number of carbonyl (C=O) groups is 3. The molecule has 0 bridgehead atoms. The Kier molecular flexibility index (Phi) is 7.14. The molecule has 1 fully saturated rings. The van der Waals surface area contributed by atoms with E-state index in [9.17, 15) is 14.4 Å². The first-order chi connectivity index (χ1) is 13.4. The minimum Gasteiger partial charge on any atom is -0.464 e. The first-order valence-corrected chi connectivity index (χ1v) is 8.97. The lowest BCUT2D eigenvalue weighted by molar-refractivity contribution is -0.145. The Balaban J connectivity index is 1.96. The maximum atomic E-state index is 12.6. The number of carbonyl (C=O) groups excluding carboxylic acids is 3. The summed E-state index contributed by atoms with van der Waals surface area (Å²) in [4.78, 5) is 38.3. The number of nitrogen functional groups attached to an aromatic ring is 1. The van der Waals surface area contributed by atoms with Crippen LogP contribution in [-0.4, -0.2) is 49.0 Å². The molecule has 0 aromatic heterocycles. The molecule has 1 saturated heterocycles. The van der Waals surface area contributed by atoms with E-state index in [-0.39, 0.29) is 24.8 Å². The molecule has 1 aromatic rings. The van der Waals surface area contributed by atoms with Gasteiger partial charge in [-0.1, -0.05) is 6.08 Å². The molecule has 150 valence electrons. The Morgan fingerprint density at radius 3 is 2.68 bits per heavy atom. The first kappa shape index (κ1) is 20.9. The van der Waals surface area contributed by atoms with Crippen molar-refractivity contribution in [2.24, 2.45) is 5.73 Å². The van der Waals surface area contributed by atoms with E-state index in [0.717, 1.165) is 0 Å². The number of hydrogen-bond acceptors (Lipinski definition) is 5. The van der Waals surface area contributed by atoms with Crippen LogP contribution in [0.25, 0.3) is 0 Å². The van der Waals surface area contributed by atoms with Gasteiger partial charge in [0.25, 0.3) is 0 Å². The Morgan fingerprint density at radius 1 is 1.43 bits per heavy atom. The van der Waals surface area contributed by atoms with Crippen LogP contribution in [0.1, 0.15) is 25.3 Å². The van der Waals surface area contributed by atoms with Crippen LogP contribution in [-0.2, 0) is 14.3 Å². The molecule has 5 N–H and O–H groups in total. The van der Waals surface area contributed by atoms with Crippen molar-refractivity contribution in [2.75, 3.05) is 18.1 Å². The summed E-state index contributed by atoms with van der Waals surface area (Å²) in [5, 5.41) is 12.5. The first-order valence-electron chi connectivity index (χ1n) is 8.97. The SMILES string of the molecule is C=CCC(NC(=O)NC1CCN(c2ccc(C(=N)N)cc2)C1=O)C(=O)OCC. The largest absolute Gasteiger partial charge is 0.464 e. The maximum absolute atomic E-state index is 12.6. The molecular formula is C19H25N5O4. The van der Waals surface area contributed by atoms with Gasteiger partial charge in [0.1, 0.15) is 17.9 Å². The molecule has 1 heterocycles. The van der Waals surface area contributed by atoms with Crippen molar-refractivity contribution in [1.29, 1.82) is 5.41 Å². The Labute approximate surface area is 163 Å². The Bertz CT molecular complexity index is 762. The molecule has 1 aromatic carbocycles. The third-order valence-electron chi connectivity index (χ3n) is 4.28. The van der Waals surface area contributed by atoms with Crippen molar-refractivity contribution in [3.8, 4) is 0 Å². The lowest BCUT2D eigenvalue weighted by atomic mass is 10.2. The summed E-state index contributed by atoms with van der Waals surface area (Å²) in [5.41, 5.74) is 6.66. The highest BCUT2D eigenvalue weighted by Gasteiger charge is 2.34. The van der Waals surface area contributed by atoms with Crippen molar-refractivity contribution in [2.45, 2.75) is 31.8 Å². The van der Waals surface area contributed by atoms with Gasteiger partial charge in [-0.2, -0.15) is 0 Å². The predicted octanol–water partition coefficient (Wildman–Crippen LogP) is 0.883. The van der Waals surface area contributed by atoms with E-state index in [1.165, 1.54) is 6.08 Å². The maximum Gasteiger partial charge on any atom is 0.329 e. The highest BCUT2D eigenvalue weighted by atomic mass is 16.5. The van der Waals surface area contributed by atoms with E-state index in [0.29, 0.717) is 24.2 Å². The second-order valence-electron chi connectivity index (χ2n) is 6.24. The number of nitrogens with one attached hydrogen (secondary N) is 3. The molecule has 9 heteroatoms. The van der Waals surface area contributed by atoms with Gasteiger partial charge < -0.3 is 26.0 Å². The van der Waals surface area contributed by atoms with Crippen LogP contribution in [0.3, 0.4) is 0 Å². The van der Waals surface area contributed by atoms with Crippen LogP contribution in [0.15, 0.2) is 36.9 Å². The summed E-state index contributed by atoms with van der Waals surface area (Å²) in [5.74, 6) is -0.851. The number of urea groups is 1. The molecule has 0 aliphatic carbocycles. The van der Waals surface area contributed by atoms with Crippen molar-refractivity contribution >= 4 is 29.4 Å². The molecular weight excluding hydrogens is 362 g/mol. The molecule has 9 nitrogen and oxygen atoms in total. The summed E-state index contributed by atoms with van der Waals surface area (Å²) < 4.78 is 4.92. The fourth-order valence-electron chi connectivity index (χ4n) is 2.87. The smallest absolute Gasteiger partial charge is 0.329 e. The number of esters is 1. The molecule has 1 aliphatic rings. The number of anilines is 1. The molecule has 0 saturated carbocycles. The van der Waals surface area contributed by atoms with Crippen LogP contribution < -0.4 is 21.3 Å². The van der Waals surface area contributed by atoms with E-state index in [2.05, 4.69) is 17.2 Å². The third kappa shape index (κ3) is 5.09. The van der Waals surface area contributed by atoms with Gasteiger partial charge in [0, 0.05) is 17.8 Å². The van der Waals surface area contributed by atoms with Crippen LogP contribution >= 0.6 is 0 Å². The fourth-order valence-corrected chi connectivity index (χ4v) is 2.87. The van der Waals surface area contributed by atoms with Crippen molar-refractivity contribution in [3.63, 3.8) is 0 Å². The van der Waals surface area contributed by atoms with Crippen molar-refractivity contribution < 1.29 is 19.1 Å². The van der Waals surface area contributed by atoms with Gasteiger partial charge in [0.15, 0.2) is 0 Å². The number of benzene rings is 1. The van der Waals surface area contributed by atoms with Crippen LogP contribution in [0.5, 0.6) is 0 Å². The van der Waals surface area contributed by atoms with E-state index in [1.807, 2.05) is 0 Å². The average molecular weight is 387 g/mol. The lowest BCUT2D eigenvalue weighted by Gasteiger charge is -2.19. The van der Waals surface area contributed by atoms with Gasteiger partial charge in [-0.25, -0.2) is 9.59 Å². The number of nitrogens with two attached hydrogens (primary N) is 1. The quantitative estimate of drug-likeness (QED) is 0.227. The minimum absolute atomic E-state index is 0.0498. The zero-order valence-corrected chi connectivity index (χ0v) is 15.7. The van der Waals surface area contributed by atoms with Gasteiger partial charge in [-0.15, -0.1) is 6.58 Å². The monoisotopic (exact) mass is 387 g/mol. The zero-order valence-electron chi connectivity index (χ0n) is 15.7. The third-order valence-corrected chi connectivity index (χ3v) is 4.28. The van der Waals surface area contributed by atoms with Gasteiger partial charge in [-0.05, 0) is 44.0 Å². The number of amides is 3. The van der Waals surface area contributed by atoms with Crippen LogP contribution in [0.4, 0.5) is 10.5 Å². The summed E-state index contributed by atoms with van der Waals surface area (Å²) >= 11 is 0. The summed E-state index contributed by atoms with van der Waals surface area (Å²) in [6.45, 7) is 5.89. The second kappa shape index (κ2) is 9.54. The number of nitrogens with zero attached hydrogens (tertiary/aromatic N) is 1. The number of ether oxygens (including phenoxy) is 1. The number of rotatable bonds is 8. The minimum atomic E-state index is -0.857. The van der Waals surface area contributed by atoms with Crippen molar-refractivity contribution in [3.05, 3.63) is 42.5 Å². The van der Waals surface area contributed by atoms with E-state index in [4.69, 9.17) is 15.9 Å². The summed E-state index contributed by atoms with van der Waals surface area (Å²) in [7, 11) is 0. The number of amidine groups is 1. The molecule has 2 rings (SSSR count). The standard InChI is InChI=1S/C19H25N5O4/c1-3-5-15(18(26)28-4-2)23-19(27)22-14-10-11-24(17(14)25)13-8-6-12(7-9-13)16(20)21/h3,6-9,14-15H,1,4-5,10-11H2,2H3,(H3,20,21)(H2,22,23,27). The summed E-state index contributed by atoms with van der Waals surface area (Å²) in [6.07, 6.45) is 2.17. The molecule has 2 atom stereocenters. The Hall–Kier alpha value is -3.36. The molecule has 2 unspecified atom stereocenters. The Morgan fingerprint density at radius 2 is 2.11 bits per heavy atom. The van der Waals surface area contributed by atoms with E-state index < -0.39 is 24.1 Å². The second-order valence-corrected chi connectivity index (χ2v) is 6.24. The highest BCUT2D eigenvalue weighted by Crippen LogP contribution is 2.22. The lowest BCUT2D eigenvalue weighted by Crippen LogP contribution is -2.51. The van der Waals surface area contributed by atoms with Crippen LogP contribution in [0, 0.1) is 5.41 Å². The molecule has 28 heavy (non-hydrogen) atoms. The number of hydrogen-bond donors (Lipinski definition) is 4. The van der Waals surface area contributed by atoms with Gasteiger partial charge in [0.05, 0.1) is 6.61 Å². The molecule has 0 spiro atoms. The van der Waals surface area contributed by atoms with Gasteiger partial charge in [0.2, 0.25) is 5.91 Å². The van der Waals surface area contributed by atoms with Gasteiger partial charge >= 0.3 is 12.0 Å². The van der Waals surface area contributed by atoms with Crippen LogP contribution in [0.2, 0.25) is 0 Å². The predicted molar refractivity (Wildman–Crippen MR) is 105 cm³/mol. The topological polar surface area (TPSA) is 138 Å². The summed E-state index contributed by atoms with van der Waals surface area (Å²) in [6, 6.07) is 4.57. The normalized spacial score (nSPS) is 17.0. The van der Waals surface area contributed by atoms with E-state index in [1.54, 1.807) is 36.1 Å². The van der Waals surface area contributed by atoms with E-state index >= 15 is 0 Å². The van der Waals surface area contributed by atoms with Crippen molar-refractivity contribution in [1.82, 2.24) is 10.6 Å².